The van der Waals surface area contributed by atoms with Gasteiger partial charge in [-0.05, 0) is 48.9 Å². The van der Waals surface area contributed by atoms with Gasteiger partial charge >= 0.3 is 5.97 Å². The zero-order valence-corrected chi connectivity index (χ0v) is 12.8. The van der Waals surface area contributed by atoms with Crippen LogP contribution in [0.25, 0.3) is 0 Å². The summed E-state index contributed by atoms with van der Waals surface area (Å²) in [6.45, 7) is 6.54. The molecule has 2 N–H and O–H groups in total. The summed E-state index contributed by atoms with van der Waals surface area (Å²) < 4.78 is 0. The van der Waals surface area contributed by atoms with Gasteiger partial charge < -0.3 is 5.11 Å². The second-order valence-corrected chi connectivity index (χ2v) is 6.08. The maximum atomic E-state index is 11.6. The molecule has 1 aromatic carbocycles. The highest BCUT2D eigenvalue weighted by Gasteiger charge is 2.23. The van der Waals surface area contributed by atoms with E-state index in [1.807, 2.05) is 50.4 Å². The fraction of sp³-hybridized carbons (Fsp3) is 0.312. The Hall–Kier alpha value is -1.65. The fourth-order valence-corrected chi connectivity index (χ4v) is 3.23. The maximum absolute atomic E-state index is 11.6. The Bertz CT molecular complexity index is 582. The van der Waals surface area contributed by atoms with Crippen molar-refractivity contribution in [3.8, 4) is 0 Å². The largest absolute Gasteiger partial charge is 0.480 e. The Morgan fingerprint density at radius 2 is 1.95 bits per heavy atom. The van der Waals surface area contributed by atoms with Gasteiger partial charge in [0.25, 0.3) is 0 Å². The van der Waals surface area contributed by atoms with Crippen LogP contribution in [0.1, 0.15) is 33.2 Å². The number of hydrogen-bond donors (Lipinski definition) is 2. The summed E-state index contributed by atoms with van der Waals surface area (Å²) >= 11 is 1.63. The van der Waals surface area contributed by atoms with Gasteiger partial charge in [-0.3, -0.25) is 10.1 Å². The van der Waals surface area contributed by atoms with Crippen molar-refractivity contribution in [2.45, 2.75) is 33.4 Å². The van der Waals surface area contributed by atoms with Crippen LogP contribution in [0.2, 0.25) is 0 Å². The van der Waals surface area contributed by atoms with Crippen LogP contribution >= 0.6 is 11.3 Å². The highest BCUT2D eigenvalue weighted by molar-refractivity contribution is 7.09. The molecule has 0 aliphatic carbocycles. The standard InChI is InChI=1S/C16H19NO2S/c1-10-7-11(2)14(12(3)8-10)15(16(18)19)17-9-13-5-4-6-20-13/h4-8,15,17H,9H2,1-3H3,(H,18,19). The molecule has 0 spiro atoms. The minimum Gasteiger partial charge on any atom is -0.480 e. The first-order valence-corrected chi connectivity index (χ1v) is 7.43. The van der Waals surface area contributed by atoms with Gasteiger partial charge in [-0.25, -0.2) is 0 Å². The maximum Gasteiger partial charge on any atom is 0.325 e. The predicted molar refractivity (Wildman–Crippen MR) is 82.2 cm³/mol. The van der Waals surface area contributed by atoms with Crippen LogP contribution < -0.4 is 5.32 Å². The zero-order valence-electron chi connectivity index (χ0n) is 11.9. The predicted octanol–water partition coefficient (Wildman–Crippen LogP) is 3.59. The van der Waals surface area contributed by atoms with Crippen molar-refractivity contribution in [2.24, 2.45) is 0 Å². The normalized spacial score (nSPS) is 12.3. The molecule has 0 radical (unpaired) electrons. The molecule has 1 atom stereocenters. The number of carboxylic acid groups (broad SMARTS) is 1. The number of carboxylic acids is 1. The molecule has 4 heteroatoms. The van der Waals surface area contributed by atoms with E-state index in [-0.39, 0.29) is 0 Å². The van der Waals surface area contributed by atoms with Crippen LogP contribution in [0.3, 0.4) is 0 Å². The Morgan fingerprint density at radius 1 is 1.30 bits per heavy atom. The summed E-state index contributed by atoms with van der Waals surface area (Å²) in [4.78, 5) is 12.7. The average Bonchev–Trinajstić information content (AvgIpc) is 2.84. The van der Waals surface area contributed by atoms with Gasteiger partial charge in [0.2, 0.25) is 0 Å². The van der Waals surface area contributed by atoms with Gasteiger partial charge in [-0.1, -0.05) is 23.8 Å². The molecule has 1 aromatic heterocycles. The zero-order chi connectivity index (χ0) is 14.7. The lowest BCUT2D eigenvalue weighted by atomic mass is 9.94. The quantitative estimate of drug-likeness (QED) is 0.884. The van der Waals surface area contributed by atoms with E-state index in [1.54, 1.807) is 11.3 Å². The molecular formula is C16H19NO2S. The Kier molecular flexibility index (Phi) is 4.57. The Balaban J connectivity index is 2.27. The summed E-state index contributed by atoms with van der Waals surface area (Å²) in [5, 5.41) is 14.7. The number of aliphatic carboxylic acids is 1. The molecule has 2 aromatic rings. The summed E-state index contributed by atoms with van der Waals surface area (Å²) in [5.74, 6) is -0.836. The summed E-state index contributed by atoms with van der Waals surface area (Å²) in [5.41, 5.74) is 4.08. The van der Waals surface area contributed by atoms with E-state index in [9.17, 15) is 9.90 Å². The lowest BCUT2D eigenvalue weighted by molar-refractivity contribution is -0.139. The smallest absolute Gasteiger partial charge is 0.325 e. The molecule has 1 unspecified atom stereocenters. The summed E-state index contributed by atoms with van der Waals surface area (Å²) in [6, 6.07) is 7.37. The first kappa shape index (κ1) is 14.8. The van der Waals surface area contributed by atoms with Crippen molar-refractivity contribution in [1.29, 1.82) is 0 Å². The molecule has 0 aliphatic heterocycles. The third kappa shape index (κ3) is 3.26. The molecule has 20 heavy (non-hydrogen) atoms. The van der Waals surface area contributed by atoms with Crippen LogP contribution in [-0.2, 0) is 11.3 Å². The van der Waals surface area contributed by atoms with Crippen LogP contribution in [0.15, 0.2) is 29.6 Å². The number of rotatable bonds is 5. The van der Waals surface area contributed by atoms with E-state index in [1.165, 1.54) is 0 Å². The third-order valence-corrected chi connectivity index (χ3v) is 4.21. The number of benzene rings is 1. The molecular weight excluding hydrogens is 270 g/mol. The highest BCUT2D eigenvalue weighted by atomic mass is 32.1. The first-order valence-electron chi connectivity index (χ1n) is 6.55. The van der Waals surface area contributed by atoms with Crippen LogP contribution in [-0.4, -0.2) is 11.1 Å². The number of nitrogens with one attached hydrogen (secondary N) is 1. The average molecular weight is 289 g/mol. The van der Waals surface area contributed by atoms with E-state index in [0.717, 1.165) is 27.1 Å². The van der Waals surface area contributed by atoms with Gasteiger partial charge in [-0.15, -0.1) is 11.3 Å². The summed E-state index contributed by atoms with van der Waals surface area (Å²) in [7, 11) is 0. The second-order valence-electron chi connectivity index (χ2n) is 5.04. The van der Waals surface area contributed by atoms with E-state index in [4.69, 9.17) is 0 Å². The van der Waals surface area contributed by atoms with Gasteiger partial charge in [0.1, 0.15) is 6.04 Å². The fourth-order valence-electron chi connectivity index (χ4n) is 2.58. The van der Waals surface area contributed by atoms with Crippen LogP contribution in [0, 0.1) is 20.8 Å². The van der Waals surface area contributed by atoms with Gasteiger partial charge in [-0.2, -0.15) is 0 Å². The molecule has 0 bridgehead atoms. The topological polar surface area (TPSA) is 49.3 Å². The first-order chi connectivity index (χ1) is 9.49. The van der Waals surface area contributed by atoms with E-state index < -0.39 is 12.0 Å². The molecule has 0 aliphatic rings. The van der Waals surface area contributed by atoms with Crippen molar-refractivity contribution >= 4 is 17.3 Å². The monoisotopic (exact) mass is 289 g/mol. The van der Waals surface area contributed by atoms with Crippen molar-refractivity contribution in [2.75, 3.05) is 0 Å². The minimum absolute atomic E-state index is 0.571. The highest BCUT2D eigenvalue weighted by Crippen LogP contribution is 2.24. The second kappa shape index (κ2) is 6.20. The van der Waals surface area contributed by atoms with Crippen molar-refractivity contribution in [3.05, 3.63) is 56.8 Å². The van der Waals surface area contributed by atoms with E-state index in [0.29, 0.717) is 6.54 Å². The van der Waals surface area contributed by atoms with Crippen LogP contribution in [0.5, 0.6) is 0 Å². The SMILES string of the molecule is Cc1cc(C)c(C(NCc2cccs2)C(=O)O)c(C)c1. The number of carbonyl (C=O) groups is 1. The number of hydrogen-bond acceptors (Lipinski definition) is 3. The number of thiophene rings is 1. The van der Waals surface area contributed by atoms with E-state index in [2.05, 4.69) is 5.32 Å². The van der Waals surface area contributed by atoms with Crippen LogP contribution in [0.4, 0.5) is 0 Å². The molecule has 2 rings (SSSR count). The molecule has 3 nitrogen and oxygen atoms in total. The van der Waals surface area contributed by atoms with Crippen molar-refractivity contribution < 1.29 is 9.90 Å². The van der Waals surface area contributed by atoms with E-state index >= 15 is 0 Å². The summed E-state index contributed by atoms with van der Waals surface area (Å²) in [6.07, 6.45) is 0. The Labute approximate surface area is 123 Å². The molecule has 106 valence electrons. The molecule has 0 fully saturated rings. The lowest BCUT2D eigenvalue weighted by Gasteiger charge is -2.19. The molecule has 0 saturated carbocycles. The third-order valence-electron chi connectivity index (χ3n) is 3.33. The number of aryl methyl sites for hydroxylation is 3. The van der Waals surface area contributed by atoms with Crippen molar-refractivity contribution in [1.82, 2.24) is 5.32 Å². The van der Waals surface area contributed by atoms with Gasteiger partial charge in [0.05, 0.1) is 0 Å². The van der Waals surface area contributed by atoms with Gasteiger partial charge in [0, 0.05) is 11.4 Å². The molecule has 0 saturated heterocycles. The van der Waals surface area contributed by atoms with Crippen molar-refractivity contribution in [3.63, 3.8) is 0 Å². The lowest BCUT2D eigenvalue weighted by Crippen LogP contribution is -2.29. The van der Waals surface area contributed by atoms with Gasteiger partial charge in [0.15, 0.2) is 0 Å². The molecule has 1 heterocycles. The minimum atomic E-state index is -0.836. The molecule has 0 amide bonds. The Morgan fingerprint density at radius 3 is 2.45 bits per heavy atom.